The number of sulfonamides is 1. The molecule has 1 fully saturated rings. The van der Waals surface area contributed by atoms with Crippen molar-refractivity contribution in [3.05, 3.63) is 65.5 Å². The second kappa shape index (κ2) is 9.82. The number of ether oxygens (including phenoxy) is 2. The molecule has 1 aliphatic heterocycles. The maximum Gasteiger partial charge on any atom is 0.251 e. The van der Waals surface area contributed by atoms with Crippen LogP contribution in [0.2, 0.25) is 0 Å². The van der Waals surface area contributed by atoms with Crippen LogP contribution in [0.5, 0.6) is 5.75 Å². The largest absolute Gasteiger partial charge is 0.489 e. The summed E-state index contributed by atoms with van der Waals surface area (Å²) in [4.78, 5) is 12.3. The second-order valence-corrected chi connectivity index (χ2v) is 8.61. The average molecular weight is 422 g/mol. The molecule has 1 heterocycles. The normalized spacial score (nSPS) is 15.1. The highest BCUT2D eigenvalue weighted by atomic mass is 32.2. The van der Waals surface area contributed by atoms with Crippen LogP contribution >= 0.6 is 0 Å². The van der Waals surface area contributed by atoms with Gasteiger partial charge in [-0.1, -0.05) is 18.2 Å². The molecule has 156 valence electrons. The van der Waals surface area contributed by atoms with Gasteiger partial charge in [0.25, 0.3) is 5.91 Å². The molecule has 0 bridgehead atoms. The quantitative estimate of drug-likeness (QED) is 0.701. The Bertz CT molecular complexity index is 928. The fourth-order valence-electron chi connectivity index (χ4n) is 2.82. The fraction of sp³-hybridized carbons (Fsp3) is 0.350. The van der Waals surface area contributed by atoms with Crippen LogP contribution in [0, 0.1) is 5.82 Å². The van der Waals surface area contributed by atoms with Crippen LogP contribution in [-0.4, -0.2) is 57.2 Å². The van der Waals surface area contributed by atoms with Gasteiger partial charge in [-0.25, -0.2) is 12.8 Å². The molecule has 7 nitrogen and oxygen atoms in total. The molecule has 1 N–H and O–H groups in total. The van der Waals surface area contributed by atoms with Crippen molar-refractivity contribution in [3.63, 3.8) is 0 Å². The Kier molecular flexibility index (Phi) is 7.18. The van der Waals surface area contributed by atoms with Crippen molar-refractivity contribution < 1.29 is 27.1 Å². The molecule has 1 amide bonds. The van der Waals surface area contributed by atoms with Crippen LogP contribution in [0.4, 0.5) is 4.39 Å². The third-order valence-electron chi connectivity index (χ3n) is 4.42. The van der Waals surface area contributed by atoms with Crippen LogP contribution in [0.1, 0.15) is 15.9 Å². The van der Waals surface area contributed by atoms with Gasteiger partial charge < -0.3 is 14.8 Å². The Morgan fingerprint density at radius 3 is 2.59 bits per heavy atom. The number of carbonyl (C=O) groups excluding carboxylic acids is 1. The number of halogens is 1. The number of morpholine rings is 1. The molecule has 1 saturated heterocycles. The molecule has 3 rings (SSSR count). The Balaban J connectivity index is 1.50. The lowest BCUT2D eigenvalue weighted by Gasteiger charge is -2.26. The highest BCUT2D eigenvalue weighted by molar-refractivity contribution is 7.89. The van der Waals surface area contributed by atoms with E-state index in [4.69, 9.17) is 9.47 Å². The summed E-state index contributed by atoms with van der Waals surface area (Å²) in [5, 5.41) is 2.63. The second-order valence-electron chi connectivity index (χ2n) is 6.53. The van der Waals surface area contributed by atoms with Crippen molar-refractivity contribution in [2.75, 3.05) is 38.6 Å². The van der Waals surface area contributed by atoms with Gasteiger partial charge in [-0.05, 0) is 35.9 Å². The van der Waals surface area contributed by atoms with Crippen molar-refractivity contribution in [1.82, 2.24) is 9.62 Å². The number of hydrogen-bond donors (Lipinski definition) is 1. The third-order valence-corrected chi connectivity index (χ3v) is 6.30. The van der Waals surface area contributed by atoms with E-state index < -0.39 is 10.0 Å². The Morgan fingerprint density at radius 1 is 1.14 bits per heavy atom. The van der Waals surface area contributed by atoms with Gasteiger partial charge in [-0.2, -0.15) is 4.31 Å². The van der Waals surface area contributed by atoms with Crippen molar-refractivity contribution in [1.29, 1.82) is 0 Å². The number of nitrogens with one attached hydrogen (secondary N) is 1. The predicted octanol–water partition coefficient (Wildman–Crippen LogP) is 1.80. The summed E-state index contributed by atoms with van der Waals surface area (Å²) in [7, 11) is -3.42. The molecule has 0 unspecified atom stereocenters. The topological polar surface area (TPSA) is 84.9 Å². The first-order valence-electron chi connectivity index (χ1n) is 9.25. The van der Waals surface area contributed by atoms with Gasteiger partial charge >= 0.3 is 0 Å². The predicted molar refractivity (Wildman–Crippen MR) is 106 cm³/mol. The molecule has 2 aromatic rings. The van der Waals surface area contributed by atoms with Crippen molar-refractivity contribution in [2.24, 2.45) is 0 Å². The summed E-state index contributed by atoms with van der Waals surface area (Å²) < 4.78 is 49.7. The SMILES string of the molecule is O=C(NCCS(=O)(=O)N1CCOCC1)c1cccc(OCc2ccc(F)cc2)c1. The van der Waals surface area contributed by atoms with E-state index in [0.717, 1.165) is 5.56 Å². The number of benzene rings is 2. The Hall–Kier alpha value is -2.49. The minimum absolute atomic E-state index is 0.0131. The fourth-order valence-corrected chi connectivity index (χ4v) is 4.15. The summed E-state index contributed by atoms with van der Waals surface area (Å²) in [6.07, 6.45) is 0. The number of rotatable bonds is 8. The molecule has 29 heavy (non-hydrogen) atoms. The van der Waals surface area contributed by atoms with Crippen molar-refractivity contribution in [2.45, 2.75) is 6.61 Å². The maximum absolute atomic E-state index is 12.9. The van der Waals surface area contributed by atoms with E-state index in [1.807, 2.05) is 0 Å². The van der Waals surface area contributed by atoms with E-state index in [9.17, 15) is 17.6 Å². The number of nitrogens with zero attached hydrogens (tertiary/aromatic N) is 1. The van der Waals surface area contributed by atoms with Crippen LogP contribution in [0.25, 0.3) is 0 Å². The summed E-state index contributed by atoms with van der Waals surface area (Å²) in [5.74, 6) is -0.375. The first-order chi connectivity index (χ1) is 13.9. The first-order valence-corrected chi connectivity index (χ1v) is 10.9. The van der Waals surface area contributed by atoms with E-state index in [-0.39, 0.29) is 30.6 Å². The lowest BCUT2D eigenvalue weighted by Crippen LogP contribution is -2.43. The van der Waals surface area contributed by atoms with Gasteiger partial charge in [-0.15, -0.1) is 0 Å². The zero-order valence-electron chi connectivity index (χ0n) is 15.8. The highest BCUT2D eigenvalue weighted by Crippen LogP contribution is 2.15. The summed E-state index contributed by atoms with van der Waals surface area (Å²) in [5.41, 5.74) is 1.17. The maximum atomic E-state index is 12.9. The molecular weight excluding hydrogens is 399 g/mol. The van der Waals surface area contributed by atoms with Crippen LogP contribution in [0.15, 0.2) is 48.5 Å². The standard InChI is InChI=1S/C20H23FN2O5S/c21-18-6-4-16(5-7-18)15-28-19-3-1-2-17(14-19)20(24)22-8-13-29(25,26)23-9-11-27-12-10-23/h1-7,14H,8-13,15H2,(H,22,24). The van der Waals surface area contributed by atoms with E-state index in [1.54, 1.807) is 36.4 Å². The monoisotopic (exact) mass is 422 g/mol. The Morgan fingerprint density at radius 2 is 1.86 bits per heavy atom. The molecule has 0 radical (unpaired) electrons. The van der Waals surface area contributed by atoms with Gasteiger partial charge in [0.2, 0.25) is 10.0 Å². The molecule has 0 aromatic heterocycles. The number of hydrogen-bond acceptors (Lipinski definition) is 5. The Labute approximate surface area is 169 Å². The van der Waals surface area contributed by atoms with Crippen molar-refractivity contribution in [3.8, 4) is 5.75 Å². The lowest BCUT2D eigenvalue weighted by atomic mass is 10.2. The molecular formula is C20H23FN2O5S. The van der Waals surface area contributed by atoms with Crippen molar-refractivity contribution >= 4 is 15.9 Å². The summed E-state index contributed by atoms with van der Waals surface area (Å²) in [6, 6.07) is 12.6. The van der Waals surface area contributed by atoms with E-state index >= 15 is 0 Å². The smallest absolute Gasteiger partial charge is 0.251 e. The first kappa shape index (κ1) is 21.2. The van der Waals surface area contributed by atoms with Gasteiger partial charge in [0.1, 0.15) is 18.2 Å². The zero-order chi connectivity index (χ0) is 20.7. The van der Waals surface area contributed by atoms with Crippen LogP contribution in [-0.2, 0) is 21.4 Å². The van der Waals surface area contributed by atoms with Gasteiger partial charge in [0, 0.05) is 25.2 Å². The average Bonchev–Trinajstić information content (AvgIpc) is 2.74. The molecule has 0 aliphatic carbocycles. The zero-order valence-corrected chi connectivity index (χ0v) is 16.7. The minimum atomic E-state index is -3.42. The van der Waals surface area contributed by atoms with Gasteiger partial charge in [0.15, 0.2) is 0 Å². The highest BCUT2D eigenvalue weighted by Gasteiger charge is 2.24. The summed E-state index contributed by atoms with van der Waals surface area (Å²) in [6.45, 7) is 1.70. The third kappa shape index (κ3) is 6.25. The van der Waals surface area contributed by atoms with E-state index in [0.29, 0.717) is 37.6 Å². The van der Waals surface area contributed by atoms with E-state index in [1.165, 1.54) is 16.4 Å². The lowest BCUT2D eigenvalue weighted by molar-refractivity contribution is 0.0730. The van der Waals surface area contributed by atoms with Gasteiger partial charge in [0.05, 0.1) is 19.0 Å². The van der Waals surface area contributed by atoms with Gasteiger partial charge in [-0.3, -0.25) is 4.79 Å². The minimum Gasteiger partial charge on any atom is -0.489 e. The molecule has 0 atom stereocenters. The molecule has 9 heteroatoms. The van der Waals surface area contributed by atoms with E-state index in [2.05, 4.69) is 5.32 Å². The summed E-state index contributed by atoms with van der Waals surface area (Å²) >= 11 is 0. The number of amides is 1. The number of carbonyl (C=O) groups is 1. The van der Waals surface area contributed by atoms with Crippen LogP contribution in [0.3, 0.4) is 0 Å². The molecule has 2 aromatic carbocycles. The molecule has 1 aliphatic rings. The molecule has 0 saturated carbocycles. The molecule has 0 spiro atoms. The van der Waals surface area contributed by atoms with Crippen LogP contribution < -0.4 is 10.1 Å².